The van der Waals surface area contributed by atoms with E-state index in [-0.39, 0.29) is 10.0 Å². The molecule has 0 aromatic heterocycles. The second kappa shape index (κ2) is 6.20. The molecule has 0 heterocycles. The third-order valence-electron chi connectivity index (χ3n) is 2.63. The first-order chi connectivity index (χ1) is 9.52. The van der Waals surface area contributed by atoms with Crippen LogP contribution >= 0.6 is 23.2 Å². The number of benzene rings is 2. The molecular weight excluding hydrogens is 302 g/mol. The zero-order chi connectivity index (χ0) is 14.7. The molecule has 0 radical (unpaired) electrons. The SMILES string of the molecule is CCOc1cccc(Nc2cc(Cl)c(F)c(Cl)c2)c1N. The van der Waals surface area contributed by atoms with Gasteiger partial charge in [0.05, 0.1) is 28.0 Å². The molecule has 0 fully saturated rings. The molecule has 0 bridgehead atoms. The first kappa shape index (κ1) is 14.8. The Bertz CT molecular complexity index is 612. The molecule has 0 aliphatic carbocycles. The molecule has 6 heteroatoms. The van der Waals surface area contributed by atoms with Crippen molar-refractivity contribution in [2.45, 2.75) is 6.92 Å². The van der Waals surface area contributed by atoms with Crippen molar-refractivity contribution in [3.63, 3.8) is 0 Å². The topological polar surface area (TPSA) is 47.3 Å². The van der Waals surface area contributed by atoms with Crippen LogP contribution in [0, 0.1) is 5.82 Å². The highest BCUT2D eigenvalue weighted by Gasteiger charge is 2.10. The number of halogens is 3. The molecule has 0 amide bonds. The Morgan fingerprint density at radius 2 is 1.90 bits per heavy atom. The van der Waals surface area contributed by atoms with Crippen LogP contribution in [0.2, 0.25) is 10.0 Å². The molecule has 0 saturated carbocycles. The first-order valence-electron chi connectivity index (χ1n) is 5.95. The zero-order valence-electron chi connectivity index (χ0n) is 10.7. The minimum atomic E-state index is -0.644. The van der Waals surface area contributed by atoms with Gasteiger partial charge in [0, 0.05) is 5.69 Å². The van der Waals surface area contributed by atoms with Gasteiger partial charge >= 0.3 is 0 Å². The lowest BCUT2D eigenvalue weighted by molar-refractivity contribution is 0.342. The Morgan fingerprint density at radius 1 is 1.25 bits per heavy atom. The van der Waals surface area contributed by atoms with Gasteiger partial charge in [-0.05, 0) is 31.2 Å². The molecule has 2 aromatic carbocycles. The number of nitrogen functional groups attached to an aromatic ring is 1. The molecular formula is C14H13Cl2FN2O. The van der Waals surface area contributed by atoms with Crippen molar-refractivity contribution < 1.29 is 9.13 Å². The van der Waals surface area contributed by atoms with Crippen molar-refractivity contribution in [3.05, 3.63) is 46.2 Å². The fourth-order valence-corrected chi connectivity index (χ4v) is 2.20. The third kappa shape index (κ3) is 3.08. The van der Waals surface area contributed by atoms with Crippen LogP contribution in [0.5, 0.6) is 5.75 Å². The smallest absolute Gasteiger partial charge is 0.160 e. The van der Waals surface area contributed by atoms with Gasteiger partial charge < -0.3 is 15.8 Å². The maximum absolute atomic E-state index is 13.4. The van der Waals surface area contributed by atoms with Crippen LogP contribution in [0.3, 0.4) is 0 Å². The van der Waals surface area contributed by atoms with E-state index in [9.17, 15) is 4.39 Å². The fourth-order valence-electron chi connectivity index (χ4n) is 1.72. The molecule has 20 heavy (non-hydrogen) atoms. The molecule has 0 aliphatic heterocycles. The average Bonchev–Trinajstić information content (AvgIpc) is 2.41. The quantitative estimate of drug-likeness (QED) is 0.626. The van der Waals surface area contributed by atoms with E-state index in [1.165, 1.54) is 12.1 Å². The van der Waals surface area contributed by atoms with Crippen LogP contribution in [0.25, 0.3) is 0 Å². The van der Waals surface area contributed by atoms with E-state index >= 15 is 0 Å². The lowest BCUT2D eigenvalue weighted by Gasteiger charge is -2.13. The second-order valence-corrected chi connectivity index (χ2v) is 4.84. The molecule has 106 valence electrons. The second-order valence-electron chi connectivity index (χ2n) is 4.03. The molecule has 0 unspecified atom stereocenters. The van der Waals surface area contributed by atoms with E-state index in [4.69, 9.17) is 33.7 Å². The van der Waals surface area contributed by atoms with Gasteiger partial charge in [-0.3, -0.25) is 0 Å². The molecule has 0 atom stereocenters. The minimum absolute atomic E-state index is 0.0560. The zero-order valence-corrected chi connectivity index (χ0v) is 12.2. The Hall–Kier alpha value is -1.65. The van der Waals surface area contributed by atoms with E-state index in [1.54, 1.807) is 18.2 Å². The number of para-hydroxylation sites is 1. The number of hydrogen-bond acceptors (Lipinski definition) is 3. The average molecular weight is 315 g/mol. The van der Waals surface area contributed by atoms with Crippen LogP contribution in [0.1, 0.15) is 6.92 Å². The normalized spacial score (nSPS) is 10.4. The summed E-state index contributed by atoms with van der Waals surface area (Å²) >= 11 is 11.5. The highest BCUT2D eigenvalue weighted by Crippen LogP contribution is 2.34. The monoisotopic (exact) mass is 314 g/mol. The molecule has 3 N–H and O–H groups in total. The molecule has 2 rings (SSSR count). The van der Waals surface area contributed by atoms with E-state index in [0.717, 1.165) is 0 Å². The van der Waals surface area contributed by atoms with Crippen LogP contribution in [-0.4, -0.2) is 6.61 Å². The molecule has 2 aromatic rings. The minimum Gasteiger partial charge on any atom is -0.492 e. The van der Waals surface area contributed by atoms with Gasteiger partial charge in [-0.2, -0.15) is 0 Å². The van der Waals surface area contributed by atoms with Gasteiger partial charge in [0.1, 0.15) is 5.75 Å². The first-order valence-corrected chi connectivity index (χ1v) is 6.71. The largest absolute Gasteiger partial charge is 0.492 e. The number of anilines is 3. The summed E-state index contributed by atoms with van der Waals surface area (Å²) in [7, 11) is 0. The van der Waals surface area contributed by atoms with E-state index in [0.29, 0.717) is 29.4 Å². The van der Waals surface area contributed by atoms with Gasteiger partial charge in [-0.25, -0.2) is 4.39 Å². The van der Waals surface area contributed by atoms with Crippen molar-refractivity contribution in [1.29, 1.82) is 0 Å². The summed E-state index contributed by atoms with van der Waals surface area (Å²) in [4.78, 5) is 0. The number of nitrogens with two attached hydrogens (primary N) is 1. The van der Waals surface area contributed by atoms with E-state index < -0.39 is 5.82 Å². The van der Waals surface area contributed by atoms with Crippen molar-refractivity contribution in [2.24, 2.45) is 0 Å². The maximum atomic E-state index is 13.4. The number of nitrogens with one attached hydrogen (secondary N) is 1. The summed E-state index contributed by atoms with van der Waals surface area (Å²) in [5, 5.41) is 2.93. The van der Waals surface area contributed by atoms with Crippen molar-refractivity contribution >= 4 is 40.3 Å². The fraction of sp³-hybridized carbons (Fsp3) is 0.143. The maximum Gasteiger partial charge on any atom is 0.160 e. The summed E-state index contributed by atoms with van der Waals surface area (Å²) in [5.74, 6) is -0.0632. The molecule has 0 aliphatic rings. The molecule has 3 nitrogen and oxygen atoms in total. The number of ether oxygens (including phenoxy) is 1. The van der Waals surface area contributed by atoms with E-state index in [1.807, 2.05) is 6.92 Å². The lowest BCUT2D eigenvalue weighted by Crippen LogP contribution is -2.01. The standard InChI is InChI=1S/C14H13Cl2FN2O/c1-2-20-12-5-3-4-11(14(12)18)19-8-6-9(15)13(17)10(16)7-8/h3-7,19H,2,18H2,1H3. The number of hydrogen-bond donors (Lipinski definition) is 2. The Labute approximate surface area is 126 Å². The summed E-state index contributed by atoms with van der Waals surface area (Å²) in [6.45, 7) is 2.39. The van der Waals surface area contributed by atoms with Crippen molar-refractivity contribution in [3.8, 4) is 5.75 Å². The summed E-state index contributed by atoms with van der Waals surface area (Å²) in [6.07, 6.45) is 0. The van der Waals surface area contributed by atoms with Crippen LogP contribution in [0.15, 0.2) is 30.3 Å². The van der Waals surface area contributed by atoms with Crippen LogP contribution < -0.4 is 15.8 Å². The Morgan fingerprint density at radius 3 is 2.50 bits per heavy atom. The van der Waals surface area contributed by atoms with Gasteiger partial charge in [-0.1, -0.05) is 29.3 Å². The molecule has 0 spiro atoms. The van der Waals surface area contributed by atoms with E-state index in [2.05, 4.69) is 5.32 Å². The predicted octanol–water partition coefficient (Wildman–Crippen LogP) is 4.86. The van der Waals surface area contributed by atoms with Crippen molar-refractivity contribution in [2.75, 3.05) is 17.7 Å². The summed E-state index contributed by atoms with van der Waals surface area (Å²) < 4.78 is 18.8. The lowest BCUT2D eigenvalue weighted by atomic mass is 10.2. The highest BCUT2D eigenvalue weighted by atomic mass is 35.5. The third-order valence-corrected chi connectivity index (χ3v) is 3.18. The molecule has 0 saturated heterocycles. The Kier molecular flexibility index (Phi) is 4.57. The summed E-state index contributed by atoms with van der Waals surface area (Å²) in [5.41, 5.74) is 7.64. The van der Waals surface area contributed by atoms with Gasteiger partial charge in [0.25, 0.3) is 0 Å². The van der Waals surface area contributed by atoms with Gasteiger partial charge in [0.2, 0.25) is 0 Å². The highest BCUT2D eigenvalue weighted by molar-refractivity contribution is 6.35. The van der Waals surface area contributed by atoms with Crippen LogP contribution in [0.4, 0.5) is 21.5 Å². The summed E-state index contributed by atoms with van der Waals surface area (Å²) in [6, 6.07) is 8.24. The van der Waals surface area contributed by atoms with Gasteiger partial charge in [-0.15, -0.1) is 0 Å². The predicted molar refractivity (Wildman–Crippen MR) is 81.7 cm³/mol. The number of rotatable bonds is 4. The van der Waals surface area contributed by atoms with Gasteiger partial charge in [0.15, 0.2) is 5.82 Å². The Balaban J connectivity index is 2.33. The van der Waals surface area contributed by atoms with Crippen molar-refractivity contribution in [1.82, 2.24) is 0 Å². The van der Waals surface area contributed by atoms with Crippen LogP contribution in [-0.2, 0) is 0 Å².